The number of aromatic nitrogens is 3. The van der Waals surface area contributed by atoms with Gasteiger partial charge in [-0.3, -0.25) is 0 Å². The van der Waals surface area contributed by atoms with Crippen molar-refractivity contribution in [3.63, 3.8) is 0 Å². The number of nitrogens with one attached hydrogen (secondary N) is 1. The Labute approximate surface area is 108 Å². The molecule has 1 aromatic rings. The molecule has 2 fully saturated rings. The molecule has 0 saturated heterocycles. The van der Waals surface area contributed by atoms with E-state index in [0.717, 1.165) is 11.9 Å². The zero-order valence-electron chi connectivity index (χ0n) is 10.9. The summed E-state index contributed by atoms with van der Waals surface area (Å²) < 4.78 is 2.25. The second-order valence-corrected chi connectivity index (χ2v) is 6.30. The molecule has 18 heavy (non-hydrogen) atoms. The Kier molecular flexibility index (Phi) is 2.39. The highest BCUT2D eigenvalue weighted by atomic mass is 15.4. The summed E-state index contributed by atoms with van der Waals surface area (Å²) in [7, 11) is 0. The number of hydrogen-bond donors (Lipinski definition) is 1. The van der Waals surface area contributed by atoms with E-state index in [2.05, 4.69) is 20.1 Å². The van der Waals surface area contributed by atoms with Crippen molar-refractivity contribution in [2.24, 2.45) is 5.92 Å². The van der Waals surface area contributed by atoms with E-state index in [1.54, 1.807) is 6.33 Å². The van der Waals surface area contributed by atoms with Gasteiger partial charge in [0.2, 0.25) is 5.95 Å². The van der Waals surface area contributed by atoms with Crippen molar-refractivity contribution in [3.8, 4) is 0 Å². The molecule has 0 bridgehead atoms. The Morgan fingerprint density at radius 2 is 1.94 bits per heavy atom. The van der Waals surface area contributed by atoms with Crippen LogP contribution in [0.15, 0.2) is 6.33 Å². The summed E-state index contributed by atoms with van der Waals surface area (Å²) in [6.45, 7) is 0. The van der Waals surface area contributed by atoms with Crippen LogP contribution < -0.4 is 5.32 Å². The average molecular weight is 246 g/mol. The smallest absolute Gasteiger partial charge is 0.221 e. The van der Waals surface area contributed by atoms with Gasteiger partial charge in [-0.1, -0.05) is 32.1 Å². The Morgan fingerprint density at radius 3 is 2.83 bits per heavy atom. The predicted octanol–water partition coefficient (Wildman–Crippen LogP) is 2.92. The van der Waals surface area contributed by atoms with Gasteiger partial charge in [-0.2, -0.15) is 10.1 Å². The first-order chi connectivity index (χ1) is 8.90. The van der Waals surface area contributed by atoms with E-state index in [-0.39, 0.29) is 0 Å². The maximum atomic E-state index is 4.57. The van der Waals surface area contributed by atoms with E-state index >= 15 is 0 Å². The summed E-state index contributed by atoms with van der Waals surface area (Å²) in [5.41, 5.74) is 0.292. The monoisotopic (exact) mass is 246 g/mol. The summed E-state index contributed by atoms with van der Waals surface area (Å²) in [5, 5.41) is 8.21. The molecule has 1 spiro atoms. The first-order valence-corrected chi connectivity index (χ1v) is 7.57. The summed E-state index contributed by atoms with van der Waals surface area (Å²) >= 11 is 0. The van der Waals surface area contributed by atoms with Gasteiger partial charge in [0.25, 0.3) is 0 Å². The van der Waals surface area contributed by atoms with Gasteiger partial charge in [-0.05, 0) is 25.7 Å². The molecular formula is C14H22N4. The lowest BCUT2D eigenvalue weighted by Crippen LogP contribution is -2.55. The third-order valence-electron chi connectivity index (χ3n) is 5.46. The zero-order valence-corrected chi connectivity index (χ0v) is 10.9. The Bertz CT molecular complexity index is 433. The molecule has 3 aliphatic rings. The Balaban J connectivity index is 1.81. The summed E-state index contributed by atoms with van der Waals surface area (Å²) in [6, 6.07) is 0.647. The van der Waals surface area contributed by atoms with Crippen LogP contribution in [0.4, 0.5) is 5.95 Å². The third-order valence-corrected chi connectivity index (χ3v) is 5.46. The van der Waals surface area contributed by atoms with Crippen molar-refractivity contribution in [1.82, 2.24) is 14.8 Å². The van der Waals surface area contributed by atoms with Crippen LogP contribution in [0, 0.1) is 5.92 Å². The van der Waals surface area contributed by atoms with Crippen molar-refractivity contribution < 1.29 is 0 Å². The van der Waals surface area contributed by atoms with Gasteiger partial charge in [-0.15, -0.1) is 0 Å². The van der Waals surface area contributed by atoms with Gasteiger partial charge in [0.1, 0.15) is 6.33 Å². The molecule has 1 N–H and O–H groups in total. The minimum Gasteiger partial charge on any atom is -0.351 e. The maximum Gasteiger partial charge on any atom is 0.221 e. The van der Waals surface area contributed by atoms with Crippen LogP contribution in [0.25, 0.3) is 0 Å². The van der Waals surface area contributed by atoms with Crippen molar-refractivity contribution in [2.75, 3.05) is 5.32 Å². The molecule has 4 heteroatoms. The van der Waals surface area contributed by atoms with Crippen LogP contribution in [-0.2, 0) is 5.54 Å². The van der Waals surface area contributed by atoms with E-state index in [4.69, 9.17) is 0 Å². The first kappa shape index (κ1) is 10.8. The first-order valence-electron chi connectivity index (χ1n) is 7.57. The molecule has 1 aromatic heterocycles. The fourth-order valence-corrected chi connectivity index (χ4v) is 4.68. The second-order valence-electron chi connectivity index (χ2n) is 6.30. The van der Waals surface area contributed by atoms with Crippen LogP contribution in [0.1, 0.15) is 57.8 Å². The molecule has 2 saturated carbocycles. The van der Waals surface area contributed by atoms with E-state index in [1.807, 2.05) is 0 Å². The highest BCUT2D eigenvalue weighted by molar-refractivity contribution is 5.33. The average Bonchev–Trinajstić information content (AvgIpc) is 2.89. The molecule has 4 nitrogen and oxygen atoms in total. The van der Waals surface area contributed by atoms with Crippen molar-refractivity contribution >= 4 is 5.95 Å². The van der Waals surface area contributed by atoms with E-state index in [0.29, 0.717) is 11.6 Å². The molecule has 0 amide bonds. The van der Waals surface area contributed by atoms with E-state index < -0.39 is 0 Å². The van der Waals surface area contributed by atoms with Crippen molar-refractivity contribution in [3.05, 3.63) is 6.33 Å². The molecule has 0 aromatic carbocycles. The number of hydrogen-bond acceptors (Lipinski definition) is 3. The quantitative estimate of drug-likeness (QED) is 0.765. The van der Waals surface area contributed by atoms with Crippen LogP contribution in [0.5, 0.6) is 0 Å². The molecule has 2 aliphatic carbocycles. The van der Waals surface area contributed by atoms with Crippen LogP contribution >= 0.6 is 0 Å². The lowest BCUT2D eigenvalue weighted by atomic mass is 9.64. The van der Waals surface area contributed by atoms with Gasteiger partial charge in [-0.25, -0.2) is 4.68 Å². The van der Waals surface area contributed by atoms with Crippen LogP contribution in [0.3, 0.4) is 0 Å². The number of fused-ring (bicyclic) bond motifs is 4. The van der Waals surface area contributed by atoms with Crippen molar-refractivity contribution in [1.29, 1.82) is 0 Å². The lowest BCUT2D eigenvalue weighted by molar-refractivity contribution is 0.0453. The molecule has 0 radical (unpaired) electrons. The standard InChI is InChI=1S/C14H22N4/c1-4-8-14(9-5-1)11-6-2-3-7-12(11)17-13-15-10-16-18(13)14/h10-12H,1-9H2,(H,15,16,17)/t11-,12+/m0/s1. The Morgan fingerprint density at radius 1 is 1.11 bits per heavy atom. The topological polar surface area (TPSA) is 42.7 Å². The van der Waals surface area contributed by atoms with Gasteiger partial charge >= 0.3 is 0 Å². The van der Waals surface area contributed by atoms with Crippen LogP contribution in [0.2, 0.25) is 0 Å². The summed E-state index contributed by atoms with van der Waals surface area (Å²) in [5.74, 6) is 1.81. The molecule has 98 valence electrons. The molecular weight excluding hydrogens is 224 g/mol. The molecule has 4 rings (SSSR count). The number of anilines is 1. The largest absolute Gasteiger partial charge is 0.351 e. The molecule has 2 heterocycles. The molecule has 0 unspecified atom stereocenters. The second kappa shape index (κ2) is 3.97. The SMILES string of the molecule is c1nc2n(n1)C1(CCCCC1)[C@H]1CCCC[C@H]1N2. The predicted molar refractivity (Wildman–Crippen MR) is 70.4 cm³/mol. The normalized spacial score (nSPS) is 33.6. The maximum absolute atomic E-state index is 4.57. The third kappa shape index (κ3) is 1.38. The molecule has 1 aliphatic heterocycles. The van der Waals surface area contributed by atoms with Crippen LogP contribution in [-0.4, -0.2) is 20.8 Å². The Hall–Kier alpha value is -1.06. The lowest BCUT2D eigenvalue weighted by Gasteiger charge is -2.52. The molecule has 2 atom stereocenters. The zero-order chi connectivity index (χ0) is 12.0. The summed E-state index contributed by atoms with van der Waals surface area (Å²) in [4.78, 5) is 4.44. The van der Waals surface area contributed by atoms with E-state index in [1.165, 1.54) is 57.8 Å². The van der Waals surface area contributed by atoms with Gasteiger partial charge in [0, 0.05) is 12.0 Å². The van der Waals surface area contributed by atoms with Gasteiger partial charge in [0.05, 0.1) is 5.54 Å². The van der Waals surface area contributed by atoms with Gasteiger partial charge in [0.15, 0.2) is 0 Å². The highest BCUT2D eigenvalue weighted by Gasteiger charge is 2.50. The fourth-order valence-electron chi connectivity index (χ4n) is 4.68. The van der Waals surface area contributed by atoms with E-state index in [9.17, 15) is 0 Å². The van der Waals surface area contributed by atoms with Crippen molar-refractivity contribution in [2.45, 2.75) is 69.4 Å². The highest BCUT2D eigenvalue weighted by Crippen LogP contribution is 2.50. The minimum atomic E-state index is 0.292. The number of rotatable bonds is 0. The number of nitrogens with zero attached hydrogens (tertiary/aromatic N) is 3. The fraction of sp³-hybridized carbons (Fsp3) is 0.857. The minimum absolute atomic E-state index is 0.292. The van der Waals surface area contributed by atoms with Gasteiger partial charge < -0.3 is 5.32 Å². The summed E-state index contributed by atoms with van der Waals surface area (Å²) in [6.07, 6.45) is 13.9.